The number of benzene rings is 1. The Kier molecular flexibility index (Phi) is 6.21. The summed E-state index contributed by atoms with van der Waals surface area (Å²) in [6, 6.07) is 7.34. The average Bonchev–Trinajstić information content (AvgIpc) is 2.86. The van der Waals surface area contributed by atoms with E-state index in [0.29, 0.717) is 18.0 Å². The molecule has 7 nitrogen and oxygen atoms in total. The van der Waals surface area contributed by atoms with Crippen molar-refractivity contribution in [1.29, 1.82) is 0 Å². The first kappa shape index (κ1) is 19.4. The Morgan fingerprint density at radius 1 is 1.36 bits per heavy atom. The number of likely N-dealkylation sites (N-methyl/N-ethyl adjacent to an activating group) is 1. The maximum Gasteiger partial charge on any atom is 0.248 e. The van der Waals surface area contributed by atoms with Gasteiger partial charge in [0.25, 0.3) is 0 Å². The molecule has 0 spiro atoms. The highest BCUT2D eigenvalue weighted by molar-refractivity contribution is 7.89. The van der Waals surface area contributed by atoms with Gasteiger partial charge in [-0.15, -0.1) is 0 Å². The largest absolute Gasteiger partial charge is 0.360 e. The van der Waals surface area contributed by atoms with E-state index < -0.39 is 10.0 Å². The number of rotatable bonds is 7. The number of hydrogen-bond donors (Lipinski definition) is 1. The molecule has 0 aliphatic carbocycles. The first-order valence-corrected chi connectivity index (χ1v) is 9.44. The summed E-state index contributed by atoms with van der Waals surface area (Å²) in [6.07, 6.45) is 0.604. The third-order valence-corrected chi connectivity index (χ3v) is 5.91. The topological polar surface area (TPSA) is 92.5 Å². The Balaban J connectivity index is 1.91. The summed E-state index contributed by atoms with van der Waals surface area (Å²) < 4.78 is 30.9. The fourth-order valence-electron chi connectivity index (χ4n) is 2.38. The van der Waals surface area contributed by atoms with Crippen LogP contribution in [0.15, 0.2) is 33.7 Å². The van der Waals surface area contributed by atoms with E-state index in [-0.39, 0.29) is 28.8 Å². The predicted octanol–water partition coefficient (Wildman–Crippen LogP) is 1.92. The molecule has 0 aliphatic heterocycles. The summed E-state index contributed by atoms with van der Waals surface area (Å²) >= 11 is 5.91. The number of sulfonamides is 1. The molecule has 0 atom stereocenters. The van der Waals surface area contributed by atoms with Crippen molar-refractivity contribution in [1.82, 2.24) is 14.8 Å². The van der Waals surface area contributed by atoms with Crippen LogP contribution in [0.1, 0.15) is 17.0 Å². The molecule has 0 aliphatic rings. The van der Waals surface area contributed by atoms with E-state index in [1.165, 1.54) is 14.0 Å². The van der Waals surface area contributed by atoms with Crippen molar-refractivity contribution in [2.45, 2.75) is 25.2 Å². The molecule has 2 aromatic rings. The molecule has 0 saturated heterocycles. The molecule has 0 saturated carbocycles. The average molecular weight is 386 g/mol. The normalized spacial score (nSPS) is 11.7. The third kappa shape index (κ3) is 4.81. The number of aromatic nitrogens is 1. The van der Waals surface area contributed by atoms with Crippen molar-refractivity contribution in [2.24, 2.45) is 0 Å². The number of carbonyl (C=O) groups is 1. The summed E-state index contributed by atoms with van der Waals surface area (Å²) in [6.45, 7) is 3.16. The van der Waals surface area contributed by atoms with Crippen LogP contribution >= 0.6 is 11.6 Å². The van der Waals surface area contributed by atoms with Crippen LogP contribution < -0.4 is 5.32 Å². The Labute approximate surface area is 152 Å². The van der Waals surface area contributed by atoms with Gasteiger partial charge in [-0.1, -0.05) is 28.9 Å². The van der Waals surface area contributed by atoms with Crippen LogP contribution in [-0.4, -0.2) is 43.9 Å². The van der Waals surface area contributed by atoms with E-state index in [1.54, 1.807) is 13.0 Å². The van der Waals surface area contributed by atoms with Gasteiger partial charge in [-0.3, -0.25) is 4.79 Å². The second-order valence-corrected chi connectivity index (χ2v) is 8.06. The third-order valence-electron chi connectivity index (χ3n) is 3.63. The fraction of sp³-hybridized carbons (Fsp3) is 0.375. The van der Waals surface area contributed by atoms with Crippen molar-refractivity contribution in [3.8, 4) is 0 Å². The maximum absolute atomic E-state index is 12.5. The first-order valence-electron chi connectivity index (χ1n) is 7.62. The first-order chi connectivity index (χ1) is 11.7. The van der Waals surface area contributed by atoms with E-state index in [2.05, 4.69) is 10.5 Å². The molecule has 0 bridgehead atoms. The number of nitrogens with one attached hydrogen (secondary N) is 1. The van der Waals surface area contributed by atoms with Crippen molar-refractivity contribution in [3.05, 3.63) is 46.3 Å². The Hall–Kier alpha value is -1.90. The van der Waals surface area contributed by atoms with Gasteiger partial charge in [0, 0.05) is 18.6 Å². The molecule has 1 amide bonds. The smallest absolute Gasteiger partial charge is 0.248 e. The molecule has 25 heavy (non-hydrogen) atoms. The van der Waals surface area contributed by atoms with Crippen LogP contribution in [0.25, 0.3) is 0 Å². The van der Waals surface area contributed by atoms with Crippen LogP contribution in [0.3, 0.4) is 0 Å². The highest BCUT2D eigenvalue weighted by Gasteiger charge is 2.29. The van der Waals surface area contributed by atoms with Crippen molar-refractivity contribution >= 4 is 27.5 Å². The minimum Gasteiger partial charge on any atom is -0.360 e. The summed E-state index contributed by atoms with van der Waals surface area (Å²) in [5.41, 5.74) is 1.26. The quantitative estimate of drug-likeness (QED) is 0.786. The second-order valence-electron chi connectivity index (χ2n) is 5.64. The molecule has 0 fully saturated rings. The van der Waals surface area contributed by atoms with Gasteiger partial charge in [-0.25, -0.2) is 8.42 Å². The lowest BCUT2D eigenvalue weighted by Gasteiger charge is -2.16. The zero-order chi connectivity index (χ0) is 18.6. The summed E-state index contributed by atoms with van der Waals surface area (Å²) in [7, 11) is -2.49. The molecule has 1 heterocycles. The van der Waals surface area contributed by atoms with Gasteiger partial charge < -0.3 is 9.84 Å². The van der Waals surface area contributed by atoms with Crippen LogP contribution in [0.4, 0.5) is 0 Å². The van der Waals surface area contributed by atoms with E-state index in [4.69, 9.17) is 16.1 Å². The van der Waals surface area contributed by atoms with Gasteiger partial charge in [0.1, 0.15) is 10.6 Å². The van der Waals surface area contributed by atoms with Gasteiger partial charge in [0.05, 0.1) is 6.54 Å². The number of hydrogen-bond acceptors (Lipinski definition) is 5. The number of carbonyl (C=O) groups excluding carboxylic acids is 1. The molecule has 9 heteroatoms. The molecule has 2 rings (SSSR count). The number of amides is 1. The minimum atomic E-state index is -3.84. The SMILES string of the molecule is Cc1noc(C)c1S(=O)(=O)N(C)CC(=O)NCCc1cccc(Cl)c1. The lowest BCUT2D eigenvalue weighted by molar-refractivity contribution is -0.121. The number of halogens is 1. The minimum absolute atomic E-state index is 0.00160. The van der Waals surface area contributed by atoms with Crippen molar-refractivity contribution in [2.75, 3.05) is 20.1 Å². The molecular formula is C16H20ClN3O4S. The van der Waals surface area contributed by atoms with E-state index in [1.807, 2.05) is 18.2 Å². The molecular weight excluding hydrogens is 366 g/mol. The number of nitrogens with zero attached hydrogens (tertiary/aromatic N) is 2. The molecule has 1 aromatic heterocycles. The van der Waals surface area contributed by atoms with E-state index >= 15 is 0 Å². The summed E-state index contributed by atoms with van der Waals surface area (Å²) in [4.78, 5) is 12.0. The van der Waals surface area contributed by atoms with Gasteiger partial charge >= 0.3 is 0 Å². The van der Waals surface area contributed by atoms with Gasteiger partial charge in [0.2, 0.25) is 15.9 Å². The van der Waals surface area contributed by atoms with Crippen LogP contribution in [0.5, 0.6) is 0 Å². The monoisotopic (exact) mass is 385 g/mol. The van der Waals surface area contributed by atoms with E-state index in [9.17, 15) is 13.2 Å². The number of aryl methyl sites for hydroxylation is 2. The molecule has 1 aromatic carbocycles. The zero-order valence-corrected chi connectivity index (χ0v) is 15.8. The maximum atomic E-state index is 12.5. The summed E-state index contributed by atoms with van der Waals surface area (Å²) in [5, 5.41) is 6.98. The molecule has 0 radical (unpaired) electrons. The lowest BCUT2D eigenvalue weighted by Crippen LogP contribution is -2.39. The van der Waals surface area contributed by atoms with Gasteiger partial charge in [0.15, 0.2) is 5.76 Å². The molecule has 1 N–H and O–H groups in total. The van der Waals surface area contributed by atoms with Crippen LogP contribution in [0, 0.1) is 13.8 Å². The molecule has 136 valence electrons. The van der Waals surface area contributed by atoms with E-state index in [0.717, 1.165) is 9.87 Å². The summed E-state index contributed by atoms with van der Waals surface area (Å²) in [5.74, 6) is -0.189. The Morgan fingerprint density at radius 2 is 2.08 bits per heavy atom. The zero-order valence-electron chi connectivity index (χ0n) is 14.2. The Morgan fingerprint density at radius 3 is 2.68 bits per heavy atom. The van der Waals surface area contributed by atoms with Crippen LogP contribution in [-0.2, 0) is 21.2 Å². The van der Waals surface area contributed by atoms with Crippen molar-refractivity contribution in [3.63, 3.8) is 0 Å². The predicted molar refractivity (Wildman–Crippen MR) is 94.0 cm³/mol. The highest BCUT2D eigenvalue weighted by atomic mass is 35.5. The second kappa shape index (κ2) is 7.99. The van der Waals surface area contributed by atoms with Gasteiger partial charge in [-0.2, -0.15) is 4.31 Å². The molecule has 0 unspecified atom stereocenters. The highest BCUT2D eigenvalue weighted by Crippen LogP contribution is 2.22. The lowest BCUT2D eigenvalue weighted by atomic mass is 10.1. The van der Waals surface area contributed by atoms with Crippen molar-refractivity contribution < 1.29 is 17.7 Å². The van der Waals surface area contributed by atoms with Crippen LogP contribution in [0.2, 0.25) is 5.02 Å². The fourth-order valence-corrected chi connectivity index (χ4v) is 4.00. The standard InChI is InChI=1S/C16H20ClN3O4S/c1-11-16(12(2)24-19-11)25(22,23)20(3)10-15(21)18-8-7-13-5-4-6-14(17)9-13/h4-6,9H,7-8,10H2,1-3H3,(H,18,21). The Bertz CT molecular complexity index is 845. The van der Waals surface area contributed by atoms with Gasteiger partial charge in [-0.05, 0) is 38.0 Å².